The van der Waals surface area contributed by atoms with Crippen LogP contribution in [0.15, 0.2) is 54.6 Å². The second-order valence-corrected chi connectivity index (χ2v) is 8.10. The molecule has 1 saturated heterocycles. The quantitative estimate of drug-likeness (QED) is 0.715. The molecule has 5 heteroatoms. The van der Waals surface area contributed by atoms with Crippen LogP contribution >= 0.6 is 0 Å². The first kappa shape index (κ1) is 17.4. The zero-order valence-corrected chi connectivity index (χ0v) is 15.8. The van der Waals surface area contributed by atoms with E-state index < -0.39 is 5.60 Å². The van der Waals surface area contributed by atoms with Gasteiger partial charge in [-0.05, 0) is 37.0 Å². The molecular weight excluding hydrogens is 350 g/mol. The van der Waals surface area contributed by atoms with Gasteiger partial charge in [0.05, 0.1) is 16.6 Å². The summed E-state index contributed by atoms with van der Waals surface area (Å²) in [5.74, 6) is 0.407. The Labute approximate surface area is 164 Å². The number of piperidine rings is 1. The molecule has 1 aliphatic heterocycles. The molecule has 2 N–H and O–H groups in total. The molecule has 2 aromatic carbocycles. The van der Waals surface area contributed by atoms with Crippen molar-refractivity contribution >= 4 is 16.9 Å². The van der Waals surface area contributed by atoms with Crippen LogP contribution in [0.2, 0.25) is 0 Å². The number of hydrogen-bond acceptors (Lipinski definition) is 3. The molecule has 3 atom stereocenters. The molecule has 1 saturated carbocycles. The number of H-pyrrole nitrogens is 1. The van der Waals surface area contributed by atoms with Crippen LogP contribution in [0.25, 0.3) is 11.0 Å². The lowest BCUT2D eigenvalue weighted by molar-refractivity contribution is -0.110. The van der Waals surface area contributed by atoms with Crippen LogP contribution in [0.1, 0.15) is 48.3 Å². The Morgan fingerprint density at radius 3 is 2.64 bits per heavy atom. The zero-order valence-electron chi connectivity index (χ0n) is 15.8. The molecule has 1 unspecified atom stereocenters. The molecule has 5 rings (SSSR count). The predicted octanol–water partition coefficient (Wildman–Crippen LogP) is 3.86. The molecule has 5 nitrogen and oxygen atoms in total. The van der Waals surface area contributed by atoms with Crippen molar-refractivity contribution in [2.24, 2.45) is 5.92 Å². The van der Waals surface area contributed by atoms with Crippen molar-refractivity contribution in [1.29, 1.82) is 0 Å². The molecule has 2 heterocycles. The van der Waals surface area contributed by atoms with E-state index in [1.54, 1.807) is 0 Å². The summed E-state index contributed by atoms with van der Waals surface area (Å²) in [4.78, 5) is 23.0. The Balaban J connectivity index is 1.48. The molecule has 1 aliphatic carbocycles. The van der Waals surface area contributed by atoms with Gasteiger partial charge in [-0.15, -0.1) is 0 Å². The summed E-state index contributed by atoms with van der Waals surface area (Å²) in [5, 5.41) is 11.7. The van der Waals surface area contributed by atoms with Gasteiger partial charge in [0.15, 0.2) is 5.82 Å². The van der Waals surface area contributed by atoms with Crippen molar-refractivity contribution in [2.75, 3.05) is 6.54 Å². The molecule has 2 aliphatic rings. The number of hydrogen-bond donors (Lipinski definition) is 2. The molecule has 0 spiro atoms. The fourth-order valence-corrected chi connectivity index (χ4v) is 5.21. The number of imidazole rings is 1. The maximum absolute atomic E-state index is 13.3. The predicted molar refractivity (Wildman–Crippen MR) is 108 cm³/mol. The van der Waals surface area contributed by atoms with Gasteiger partial charge in [0.2, 0.25) is 0 Å². The summed E-state index contributed by atoms with van der Waals surface area (Å²) in [7, 11) is 0. The lowest BCUT2D eigenvalue weighted by Gasteiger charge is -2.52. The molecule has 0 radical (unpaired) electrons. The van der Waals surface area contributed by atoms with Crippen LogP contribution in [-0.2, 0) is 5.60 Å². The Bertz CT molecular complexity index is 966. The first-order chi connectivity index (χ1) is 13.7. The van der Waals surface area contributed by atoms with E-state index in [-0.39, 0.29) is 17.9 Å². The zero-order chi connectivity index (χ0) is 19.1. The van der Waals surface area contributed by atoms with Crippen molar-refractivity contribution in [3.63, 3.8) is 0 Å². The maximum atomic E-state index is 13.3. The second kappa shape index (κ2) is 6.74. The highest BCUT2D eigenvalue weighted by molar-refractivity contribution is 5.94. The average Bonchev–Trinajstić information content (AvgIpc) is 3.19. The van der Waals surface area contributed by atoms with E-state index in [4.69, 9.17) is 0 Å². The molecular formula is C23H25N3O2. The Hall–Kier alpha value is -2.66. The standard InChI is InChI=1S/C23H25N3O2/c27-22(21-24-18-11-5-6-12-19(18)25-21)26-15-14-23(28,16-8-2-1-3-9-16)17-10-4-7-13-20(17)26/h1-3,5-6,8-9,11-12,17,20,28H,4,7,10,13-15H2,(H,24,25)/t17-,20-,23?/m1/s1. The van der Waals surface area contributed by atoms with Gasteiger partial charge < -0.3 is 15.0 Å². The summed E-state index contributed by atoms with van der Waals surface area (Å²) < 4.78 is 0. The number of aliphatic hydroxyl groups is 1. The molecule has 28 heavy (non-hydrogen) atoms. The summed E-state index contributed by atoms with van der Waals surface area (Å²) >= 11 is 0. The molecule has 1 aromatic heterocycles. The highest BCUT2D eigenvalue weighted by Gasteiger charge is 2.50. The van der Waals surface area contributed by atoms with E-state index in [1.807, 2.05) is 59.5 Å². The maximum Gasteiger partial charge on any atom is 0.289 e. The number of aromatic amines is 1. The van der Waals surface area contributed by atoms with Crippen LogP contribution < -0.4 is 0 Å². The number of amides is 1. The smallest absolute Gasteiger partial charge is 0.289 e. The average molecular weight is 375 g/mol. The van der Waals surface area contributed by atoms with Gasteiger partial charge in [-0.25, -0.2) is 4.98 Å². The third-order valence-electron chi connectivity index (χ3n) is 6.60. The number of likely N-dealkylation sites (tertiary alicyclic amines) is 1. The third kappa shape index (κ3) is 2.73. The van der Waals surface area contributed by atoms with Gasteiger partial charge in [-0.3, -0.25) is 4.79 Å². The van der Waals surface area contributed by atoms with E-state index in [0.29, 0.717) is 18.8 Å². The van der Waals surface area contributed by atoms with E-state index in [2.05, 4.69) is 9.97 Å². The first-order valence-electron chi connectivity index (χ1n) is 10.2. The fourth-order valence-electron chi connectivity index (χ4n) is 5.21. The number of benzene rings is 2. The Morgan fingerprint density at radius 2 is 1.82 bits per heavy atom. The third-order valence-corrected chi connectivity index (χ3v) is 6.60. The van der Waals surface area contributed by atoms with E-state index in [1.165, 1.54) is 0 Å². The van der Waals surface area contributed by atoms with Crippen molar-refractivity contribution in [3.8, 4) is 0 Å². The van der Waals surface area contributed by atoms with Gasteiger partial charge in [0.1, 0.15) is 0 Å². The molecule has 3 aromatic rings. The van der Waals surface area contributed by atoms with Crippen molar-refractivity contribution in [1.82, 2.24) is 14.9 Å². The summed E-state index contributed by atoms with van der Waals surface area (Å²) in [6.45, 7) is 0.544. The van der Waals surface area contributed by atoms with E-state index in [0.717, 1.165) is 42.3 Å². The SMILES string of the molecule is O=C(c1nc2ccccc2[nH]1)N1CCC(O)(c2ccccc2)[C@@H]2CCCC[C@H]21. The van der Waals surface area contributed by atoms with Crippen LogP contribution in [0.5, 0.6) is 0 Å². The van der Waals surface area contributed by atoms with E-state index >= 15 is 0 Å². The highest BCUT2D eigenvalue weighted by atomic mass is 16.3. The van der Waals surface area contributed by atoms with E-state index in [9.17, 15) is 9.90 Å². The highest BCUT2D eigenvalue weighted by Crippen LogP contribution is 2.47. The largest absolute Gasteiger partial charge is 0.385 e. The fraction of sp³-hybridized carbons (Fsp3) is 0.391. The van der Waals surface area contributed by atoms with Gasteiger partial charge in [0.25, 0.3) is 5.91 Å². The van der Waals surface area contributed by atoms with Gasteiger partial charge in [-0.1, -0.05) is 55.3 Å². The van der Waals surface area contributed by atoms with Crippen molar-refractivity contribution in [3.05, 3.63) is 66.0 Å². The number of nitrogens with one attached hydrogen (secondary N) is 1. The van der Waals surface area contributed by atoms with Crippen LogP contribution in [0.4, 0.5) is 0 Å². The molecule has 2 fully saturated rings. The lowest BCUT2D eigenvalue weighted by Crippen LogP contribution is -2.59. The summed E-state index contributed by atoms with van der Waals surface area (Å²) in [6.07, 6.45) is 4.63. The number of carbonyl (C=O) groups excluding carboxylic acids is 1. The molecule has 0 bridgehead atoms. The Morgan fingerprint density at radius 1 is 1.07 bits per heavy atom. The van der Waals surface area contributed by atoms with Crippen LogP contribution in [0, 0.1) is 5.92 Å². The molecule has 1 amide bonds. The van der Waals surface area contributed by atoms with Crippen molar-refractivity contribution < 1.29 is 9.90 Å². The normalized spacial score (nSPS) is 27.5. The lowest BCUT2D eigenvalue weighted by atomic mass is 9.66. The number of fused-ring (bicyclic) bond motifs is 2. The molecule has 144 valence electrons. The van der Waals surface area contributed by atoms with Gasteiger partial charge in [-0.2, -0.15) is 0 Å². The number of rotatable bonds is 2. The number of para-hydroxylation sites is 2. The summed E-state index contributed by atoms with van der Waals surface area (Å²) in [5.41, 5.74) is 1.80. The summed E-state index contributed by atoms with van der Waals surface area (Å²) in [6, 6.07) is 17.7. The monoisotopic (exact) mass is 375 g/mol. The van der Waals surface area contributed by atoms with Crippen molar-refractivity contribution in [2.45, 2.75) is 43.7 Å². The van der Waals surface area contributed by atoms with Gasteiger partial charge >= 0.3 is 0 Å². The van der Waals surface area contributed by atoms with Crippen LogP contribution in [0.3, 0.4) is 0 Å². The first-order valence-corrected chi connectivity index (χ1v) is 10.2. The minimum atomic E-state index is -0.864. The minimum absolute atomic E-state index is 0.0495. The Kier molecular flexibility index (Phi) is 4.20. The van der Waals surface area contributed by atoms with Gasteiger partial charge in [0, 0.05) is 18.5 Å². The second-order valence-electron chi connectivity index (χ2n) is 8.10. The topological polar surface area (TPSA) is 69.2 Å². The number of nitrogens with zero attached hydrogens (tertiary/aromatic N) is 2. The number of carbonyl (C=O) groups is 1. The van der Waals surface area contributed by atoms with Crippen LogP contribution in [-0.4, -0.2) is 38.5 Å². The minimum Gasteiger partial charge on any atom is -0.385 e. The number of aromatic nitrogens is 2.